The Bertz CT molecular complexity index is 797. The SMILES string of the molecule is CN(CCOc1ccc(C=O)cc1)C1(c2ccc(N)cc2)C=CC=CN1. The van der Waals surface area contributed by atoms with Crippen LogP contribution in [-0.2, 0) is 5.66 Å². The van der Waals surface area contributed by atoms with E-state index in [1.54, 1.807) is 24.3 Å². The standard InChI is InChI=1S/C21H23N3O2/c1-24(14-15-26-20-10-4-17(16-25)5-11-20)21(12-2-3-13-23-21)18-6-8-19(22)9-7-18/h2-13,16,23H,14-15,22H2,1H3. The quantitative estimate of drug-likeness (QED) is 0.594. The number of benzene rings is 2. The van der Waals surface area contributed by atoms with Crippen molar-refractivity contribution in [3.05, 3.63) is 84.1 Å². The average Bonchev–Trinajstić information content (AvgIpc) is 2.69. The van der Waals surface area contributed by atoms with Crippen LogP contribution in [0.5, 0.6) is 5.75 Å². The number of nitrogens with two attached hydrogens (primary N) is 1. The molecule has 5 nitrogen and oxygen atoms in total. The number of hydrogen-bond donors (Lipinski definition) is 2. The Hall–Kier alpha value is -3.05. The van der Waals surface area contributed by atoms with Gasteiger partial charge in [0.1, 0.15) is 24.3 Å². The maximum Gasteiger partial charge on any atom is 0.150 e. The van der Waals surface area contributed by atoms with Gasteiger partial charge in [0.05, 0.1) is 0 Å². The first-order chi connectivity index (χ1) is 12.6. The largest absolute Gasteiger partial charge is 0.492 e. The Morgan fingerprint density at radius 3 is 2.46 bits per heavy atom. The number of carbonyl (C=O) groups is 1. The molecule has 1 aliphatic rings. The molecule has 0 bridgehead atoms. The first-order valence-corrected chi connectivity index (χ1v) is 8.51. The molecule has 0 saturated heterocycles. The predicted molar refractivity (Wildman–Crippen MR) is 104 cm³/mol. The van der Waals surface area contributed by atoms with E-state index in [9.17, 15) is 4.79 Å². The summed E-state index contributed by atoms with van der Waals surface area (Å²) in [7, 11) is 2.05. The van der Waals surface area contributed by atoms with Crippen LogP contribution in [0.2, 0.25) is 0 Å². The zero-order valence-corrected chi connectivity index (χ0v) is 14.8. The van der Waals surface area contributed by atoms with Crippen molar-refractivity contribution in [3.63, 3.8) is 0 Å². The molecular weight excluding hydrogens is 326 g/mol. The average molecular weight is 349 g/mol. The van der Waals surface area contributed by atoms with Crippen LogP contribution in [-0.4, -0.2) is 31.4 Å². The highest BCUT2D eigenvalue weighted by Gasteiger charge is 2.33. The molecule has 0 fully saturated rings. The van der Waals surface area contributed by atoms with E-state index in [4.69, 9.17) is 10.5 Å². The van der Waals surface area contributed by atoms with Crippen molar-refractivity contribution in [1.29, 1.82) is 0 Å². The second kappa shape index (κ2) is 7.89. The topological polar surface area (TPSA) is 67.6 Å². The summed E-state index contributed by atoms with van der Waals surface area (Å²) in [6.45, 7) is 1.22. The van der Waals surface area contributed by atoms with Crippen molar-refractivity contribution in [2.24, 2.45) is 0 Å². The fourth-order valence-electron chi connectivity index (χ4n) is 2.97. The molecule has 0 aliphatic carbocycles. The van der Waals surface area contributed by atoms with Crippen LogP contribution in [0.3, 0.4) is 0 Å². The maximum absolute atomic E-state index is 10.7. The van der Waals surface area contributed by atoms with Crippen LogP contribution in [0.4, 0.5) is 5.69 Å². The molecule has 2 aromatic rings. The molecule has 26 heavy (non-hydrogen) atoms. The minimum absolute atomic E-state index is 0.451. The monoisotopic (exact) mass is 349 g/mol. The van der Waals surface area contributed by atoms with Gasteiger partial charge in [0, 0.05) is 17.8 Å². The smallest absolute Gasteiger partial charge is 0.150 e. The Kier molecular flexibility index (Phi) is 5.39. The molecule has 0 radical (unpaired) electrons. The lowest BCUT2D eigenvalue weighted by Crippen LogP contribution is -2.53. The van der Waals surface area contributed by atoms with Gasteiger partial charge in [0.25, 0.3) is 0 Å². The van der Waals surface area contributed by atoms with E-state index in [-0.39, 0.29) is 0 Å². The lowest BCUT2D eigenvalue weighted by Gasteiger charge is -2.41. The highest BCUT2D eigenvalue weighted by Crippen LogP contribution is 2.29. The fourth-order valence-corrected chi connectivity index (χ4v) is 2.97. The van der Waals surface area contributed by atoms with Crippen LogP contribution in [0, 0.1) is 0 Å². The molecule has 0 spiro atoms. The maximum atomic E-state index is 10.7. The number of ether oxygens (including phenoxy) is 1. The summed E-state index contributed by atoms with van der Waals surface area (Å²) in [4.78, 5) is 12.9. The van der Waals surface area contributed by atoms with Gasteiger partial charge in [0.15, 0.2) is 0 Å². The van der Waals surface area contributed by atoms with Crippen molar-refractivity contribution >= 4 is 12.0 Å². The minimum Gasteiger partial charge on any atom is -0.492 e. The first kappa shape index (κ1) is 17.8. The molecule has 3 rings (SSSR count). The minimum atomic E-state index is -0.451. The third kappa shape index (κ3) is 3.78. The Labute approximate surface area is 153 Å². The van der Waals surface area contributed by atoms with Gasteiger partial charge in [-0.1, -0.05) is 18.2 Å². The number of nitrogens with one attached hydrogen (secondary N) is 1. The normalized spacial score (nSPS) is 18.5. The molecule has 134 valence electrons. The summed E-state index contributed by atoms with van der Waals surface area (Å²) in [5.74, 6) is 0.748. The zero-order chi connectivity index (χ0) is 18.4. The van der Waals surface area contributed by atoms with Gasteiger partial charge < -0.3 is 15.8 Å². The number of hydrogen-bond acceptors (Lipinski definition) is 5. The van der Waals surface area contributed by atoms with Gasteiger partial charge in [-0.2, -0.15) is 0 Å². The molecular formula is C21H23N3O2. The van der Waals surface area contributed by atoms with Gasteiger partial charge in [-0.3, -0.25) is 9.69 Å². The van der Waals surface area contributed by atoms with Crippen LogP contribution >= 0.6 is 0 Å². The van der Waals surface area contributed by atoms with Crippen molar-refractivity contribution in [2.45, 2.75) is 5.66 Å². The summed E-state index contributed by atoms with van der Waals surface area (Å²) in [6, 6.07) is 15.0. The number of nitrogen functional groups attached to an aromatic ring is 1. The summed E-state index contributed by atoms with van der Waals surface area (Å²) in [5, 5.41) is 3.46. The summed E-state index contributed by atoms with van der Waals surface area (Å²) in [6.07, 6.45) is 8.88. The molecule has 2 aromatic carbocycles. The van der Waals surface area contributed by atoms with Gasteiger partial charge in [-0.25, -0.2) is 0 Å². The lowest BCUT2D eigenvalue weighted by atomic mass is 9.95. The zero-order valence-electron chi connectivity index (χ0n) is 14.8. The second-order valence-corrected chi connectivity index (χ2v) is 6.21. The number of likely N-dealkylation sites (N-methyl/N-ethyl adjacent to an activating group) is 1. The van der Waals surface area contributed by atoms with Gasteiger partial charge in [-0.15, -0.1) is 0 Å². The van der Waals surface area contributed by atoms with Crippen LogP contribution in [0.1, 0.15) is 15.9 Å². The van der Waals surface area contributed by atoms with E-state index in [1.165, 1.54) is 0 Å². The van der Waals surface area contributed by atoms with E-state index in [0.29, 0.717) is 18.7 Å². The molecule has 5 heteroatoms. The van der Waals surface area contributed by atoms with E-state index >= 15 is 0 Å². The second-order valence-electron chi connectivity index (χ2n) is 6.21. The molecule has 3 N–H and O–H groups in total. The number of nitrogens with zero attached hydrogens (tertiary/aromatic N) is 1. The number of anilines is 1. The molecule has 0 aromatic heterocycles. The molecule has 1 aliphatic heterocycles. The van der Waals surface area contributed by atoms with E-state index in [2.05, 4.69) is 16.3 Å². The number of aldehydes is 1. The van der Waals surface area contributed by atoms with E-state index in [0.717, 1.165) is 23.3 Å². The number of carbonyl (C=O) groups excluding carboxylic acids is 1. The molecule has 0 saturated carbocycles. The predicted octanol–water partition coefficient (Wildman–Crippen LogP) is 2.92. The number of allylic oxidation sites excluding steroid dienone is 2. The number of rotatable bonds is 7. The van der Waals surface area contributed by atoms with Gasteiger partial charge in [-0.05, 0) is 67.4 Å². The summed E-state index contributed by atoms with van der Waals surface area (Å²) in [5.41, 5.74) is 7.86. The fraction of sp³-hybridized carbons (Fsp3) is 0.190. The Balaban J connectivity index is 1.69. The van der Waals surface area contributed by atoms with Crippen LogP contribution in [0.25, 0.3) is 0 Å². The molecule has 1 atom stereocenters. The van der Waals surface area contributed by atoms with Crippen molar-refractivity contribution in [3.8, 4) is 5.75 Å². The summed E-state index contributed by atoms with van der Waals surface area (Å²) < 4.78 is 5.82. The first-order valence-electron chi connectivity index (χ1n) is 8.51. The summed E-state index contributed by atoms with van der Waals surface area (Å²) >= 11 is 0. The van der Waals surface area contributed by atoms with Crippen molar-refractivity contribution in [1.82, 2.24) is 10.2 Å². The van der Waals surface area contributed by atoms with E-state index in [1.807, 2.05) is 49.7 Å². The van der Waals surface area contributed by atoms with E-state index < -0.39 is 5.66 Å². The third-order valence-corrected chi connectivity index (χ3v) is 4.51. The van der Waals surface area contributed by atoms with Crippen LogP contribution < -0.4 is 15.8 Å². The third-order valence-electron chi connectivity index (χ3n) is 4.51. The Morgan fingerprint density at radius 1 is 1.12 bits per heavy atom. The van der Waals surface area contributed by atoms with Crippen molar-refractivity contribution < 1.29 is 9.53 Å². The lowest BCUT2D eigenvalue weighted by molar-refractivity contribution is 0.112. The van der Waals surface area contributed by atoms with Gasteiger partial charge >= 0.3 is 0 Å². The molecule has 1 heterocycles. The van der Waals surface area contributed by atoms with Crippen LogP contribution in [0.15, 0.2) is 73.0 Å². The highest BCUT2D eigenvalue weighted by molar-refractivity contribution is 5.74. The van der Waals surface area contributed by atoms with Crippen molar-refractivity contribution in [2.75, 3.05) is 25.9 Å². The Morgan fingerprint density at radius 2 is 1.85 bits per heavy atom. The highest BCUT2D eigenvalue weighted by atomic mass is 16.5. The van der Waals surface area contributed by atoms with Gasteiger partial charge in [0.2, 0.25) is 0 Å². The molecule has 0 amide bonds. The number of dihydropyridines is 1. The molecule has 1 unspecified atom stereocenters.